The van der Waals surface area contributed by atoms with Gasteiger partial charge in [-0.15, -0.1) is 0 Å². The molecule has 2 unspecified atom stereocenters. The number of urea groups is 1. The van der Waals surface area contributed by atoms with Crippen molar-refractivity contribution in [3.8, 4) is 0 Å². The Morgan fingerprint density at radius 3 is 2.16 bits per heavy atom. The first-order valence-electron chi connectivity index (χ1n) is 11.7. The normalized spacial score (nSPS) is 19.6. The SMILES string of the molecule is CC(C)N(S)CCNC[C@@H](NC(=O)NC(C(=O)N1CCCC1C)C(C)(C)C)C(C)(C)C. The molecule has 1 rings (SSSR count). The van der Waals surface area contributed by atoms with Gasteiger partial charge in [0, 0.05) is 44.3 Å². The van der Waals surface area contributed by atoms with Crippen LogP contribution in [0.5, 0.6) is 0 Å². The highest BCUT2D eigenvalue weighted by molar-refractivity contribution is 7.77. The summed E-state index contributed by atoms with van der Waals surface area (Å²) in [6, 6.07) is -0.338. The summed E-state index contributed by atoms with van der Waals surface area (Å²) in [7, 11) is 0. The maximum Gasteiger partial charge on any atom is 0.315 e. The second kappa shape index (κ2) is 11.8. The van der Waals surface area contributed by atoms with E-state index < -0.39 is 6.04 Å². The van der Waals surface area contributed by atoms with E-state index in [2.05, 4.69) is 70.3 Å². The molecule has 1 aliphatic heterocycles. The van der Waals surface area contributed by atoms with Crippen LogP contribution in [0.2, 0.25) is 0 Å². The minimum atomic E-state index is -0.564. The molecule has 0 spiro atoms. The Hall–Kier alpha value is -0.990. The molecule has 3 amide bonds. The molecule has 1 fully saturated rings. The van der Waals surface area contributed by atoms with Crippen LogP contribution in [0.4, 0.5) is 4.79 Å². The predicted molar refractivity (Wildman–Crippen MR) is 132 cm³/mol. The van der Waals surface area contributed by atoms with Crippen molar-refractivity contribution in [2.75, 3.05) is 26.2 Å². The van der Waals surface area contributed by atoms with E-state index in [1.54, 1.807) is 0 Å². The molecule has 3 atom stereocenters. The summed E-state index contributed by atoms with van der Waals surface area (Å²) < 4.78 is 1.98. The van der Waals surface area contributed by atoms with Crippen molar-refractivity contribution in [3.63, 3.8) is 0 Å². The zero-order valence-electron chi connectivity index (χ0n) is 21.2. The molecule has 0 aromatic heterocycles. The first-order chi connectivity index (χ1) is 14.1. The van der Waals surface area contributed by atoms with Crippen LogP contribution < -0.4 is 16.0 Å². The maximum atomic E-state index is 13.2. The molecular formula is C23H47N5O2S. The summed E-state index contributed by atoms with van der Waals surface area (Å²) in [6.45, 7) is 21.6. The minimum absolute atomic E-state index is 0.0145. The van der Waals surface area contributed by atoms with Crippen LogP contribution >= 0.6 is 12.8 Å². The standard InChI is InChI=1S/C23H47N5O2S/c1-16(2)28(31)14-12-24-15-18(22(4,5)6)25-21(30)26-19(23(7,8)9)20(29)27-13-10-11-17(27)3/h16-19,24,31H,10-15H2,1-9H3,(H2,25,26,30)/t17?,18-,19?/m1/s1. The van der Waals surface area contributed by atoms with E-state index in [9.17, 15) is 9.59 Å². The molecule has 1 heterocycles. The highest BCUT2D eigenvalue weighted by Gasteiger charge is 2.39. The van der Waals surface area contributed by atoms with Gasteiger partial charge in [-0.2, -0.15) is 0 Å². The van der Waals surface area contributed by atoms with Gasteiger partial charge in [0.1, 0.15) is 6.04 Å². The Kier molecular flexibility index (Phi) is 10.6. The minimum Gasteiger partial charge on any atom is -0.338 e. The second-order valence-electron chi connectivity index (χ2n) is 11.3. The Morgan fingerprint density at radius 1 is 1.10 bits per heavy atom. The van der Waals surface area contributed by atoms with Gasteiger partial charge in [0.05, 0.1) is 0 Å². The number of carbonyl (C=O) groups is 2. The molecule has 0 aromatic rings. The van der Waals surface area contributed by atoms with Gasteiger partial charge in [-0.1, -0.05) is 54.4 Å². The van der Waals surface area contributed by atoms with Crippen LogP contribution in [0.15, 0.2) is 0 Å². The molecular weight excluding hydrogens is 410 g/mol. The van der Waals surface area contributed by atoms with E-state index >= 15 is 0 Å². The predicted octanol–water partition coefficient (Wildman–Crippen LogP) is 3.27. The highest BCUT2D eigenvalue weighted by Crippen LogP contribution is 2.25. The van der Waals surface area contributed by atoms with Gasteiger partial charge in [0.15, 0.2) is 0 Å². The third-order valence-electron chi connectivity index (χ3n) is 6.04. The van der Waals surface area contributed by atoms with E-state index in [4.69, 9.17) is 0 Å². The lowest BCUT2D eigenvalue weighted by molar-refractivity contribution is -0.136. The molecule has 8 heteroatoms. The van der Waals surface area contributed by atoms with Crippen LogP contribution in [0, 0.1) is 10.8 Å². The molecule has 0 aromatic carbocycles. The van der Waals surface area contributed by atoms with E-state index in [-0.39, 0.29) is 34.9 Å². The van der Waals surface area contributed by atoms with Gasteiger partial charge in [0.2, 0.25) is 5.91 Å². The fraction of sp³-hybridized carbons (Fsp3) is 0.913. The number of hydrogen-bond donors (Lipinski definition) is 4. The highest BCUT2D eigenvalue weighted by atomic mass is 32.1. The molecule has 1 aliphatic rings. The summed E-state index contributed by atoms with van der Waals surface area (Å²) in [5, 5.41) is 9.53. The van der Waals surface area contributed by atoms with Gasteiger partial charge in [-0.05, 0) is 44.4 Å². The topological polar surface area (TPSA) is 76.7 Å². The van der Waals surface area contributed by atoms with Crippen molar-refractivity contribution in [1.82, 2.24) is 25.2 Å². The third kappa shape index (κ3) is 9.18. The lowest BCUT2D eigenvalue weighted by atomic mass is 9.85. The van der Waals surface area contributed by atoms with Crippen LogP contribution in [0.1, 0.15) is 75.2 Å². The molecule has 0 radical (unpaired) electrons. The fourth-order valence-electron chi connectivity index (χ4n) is 3.68. The summed E-state index contributed by atoms with van der Waals surface area (Å²) in [5.74, 6) is 0.0145. The van der Waals surface area contributed by atoms with Crippen LogP contribution in [0.3, 0.4) is 0 Å². The zero-order chi connectivity index (χ0) is 24.0. The molecule has 3 N–H and O–H groups in total. The Balaban J connectivity index is 2.74. The first kappa shape index (κ1) is 28.0. The van der Waals surface area contributed by atoms with Crippen molar-refractivity contribution >= 4 is 24.8 Å². The Morgan fingerprint density at radius 2 is 1.71 bits per heavy atom. The Bertz CT molecular complexity index is 585. The van der Waals surface area contributed by atoms with Gasteiger partial charge >= 0.3 is 6.03 Å². The van der Waals surface area contributed by atoms with Crippen molar-refractivity contribution in [2.24, 2.45) is 10.8 Å². The summed E-state index contributed by atoms with van der Waals surface area (Å²) in [5.41, 5.74) is -0.507. The number of amides is 3. The smallest absolute Gasteiger partial charge is 0.315 e. The van der Waals surface area contributed by atoms with Crippen LogP contribution in [0.25, 0.3) is 0 Å². The number of likely N-dealkylation sites (tertiary alicyclic amines) is 1. The van der Waals surface area contributed by atoms with Crippen LogP contribution in [-0.4, -0.2) is 71.5 Å². The Labute approximate surface area is 196 Å². The molecule has 1 saturated heterocycles. The van der Waals surface area contributed by atoms with Crippen molar-refractivity contribution in [3.05, 3.63) is 0 Å². The van der Waals surface area contributed by atoms with E-state index in [0.717, 1.165) is 32.5 Å². The summed E-state index contributed by atoms with van der Waals surface area (Å²) in [6.07, 6.45) is 2.04. The molecule has 0 aliphatic carbocycles. The van der Waals surface area contributed by atoms with E-state index in [1.807, 2.05) is 30.0 Å². The summed E-state index contributed by atoms with van der Waals surface area (Å²) >= 11 is 4.47. The monoisotopic (exact) mass is 457 g/mol. The van der Waals surface area contributed by atoms with Crippen LogP contribution in [-0.2, 0) is 4.79 Å². The number of thiol groups is 1. The average Bonchev–Trinajstić information content (AvgIpc) is 3.05. The second-order valence-corrected chi connectivity index (χ2v) is 11.8. The largest absolute Gasteiger partial charge is 0.338 e. The maximum absolute atomic E-state index is 13.2. The molecule has 0 saturated carbocycles. The fourth-order valence-corrected chi connectivity index (χ4v) is 3.78. The number of rotatable bonds is 9. The average molecular weight is 458 g/mol. The molecule has 0 bridgehead atoms. The molecule has 182 valence electrons. The van der Waals surface area contributed by atoms with Crippen molar-refractivity contribution in [1.29, 1.82) is 0 Å². The van der Waals surface area contributed by atoms with Gasteiger partial charge < -0.3 is 20.9 Å². The van der Waals surface area contributed by atoms with Gasteiger partial charge in [-0.3, -0.25) is 4.79 Å². The van der Waals surface area contributed by atoms with Gasteiger partial charge in [-0.25, -0.2) is 9.10 Å². The summed E-state index contributed by atoms with van der Waals surface area (Å²) in [4.78, 5) is 28.1. The lowest BCUT2D eigenvalue weighted by Gasteiger charge is -2.37. The zero-order valence-corrected chi connectivity index (χ0v) is 22.1. The lowest BCUT2D eigenvalue weighted by Crippen LogP contribution is -2.60. The third-order valence-corrected chi connectivity index (χ3v) is 6.70. The van der Waals surface area contributed by atoms with Crippen molar-refractivity contribution in [2.45, 2.75) is 99.3 Å². The number of hydrogen-bond acceptors (Lipinski definition) is 5. The van der Waals surface area contributed by atoms with Crippen molar-refractivity contribution < 1.29 is 9.59 Å². The molecule has 31 heavy (non-hydrogen) atoms. The molecule has 7 nitrogen and oxygen atoms in total. The first-order valence-corrected chi connectivity index (χ1v) is 12.1. The number of nitrogens with one attached hydrogen (secondary N) is 3. The van der Waals surface area contributed by atoms with E-state index in [1.165, 1.54) is 0 Å². The number of carbonyl (C=O) groups excluding carboxylic acids is 2. The van der Waals surface area contributed by atoms with E-state index in [0.29, 0.717) is 12.6 Å². The quantitative estimate of drug-likeness (QED) is 0.317. The number of nitrogens with zero attached hydrogens (tertiary/aromatic N) is 2. The van der Waals surface area contributed by atoms with Gasteiger partial charge in [0.25, 0.3) is 0 Å².